The Morgan fingerprint density at radius 3 is 2.86 bits per heavy atom. The lowest BCUT2D eigenvalue weighted by Crippen LogP contribution is -2.38. The summed E-state index contributed by atoms with van der Waals surface area (Å²) in [7, 11) is 0. The summed E-state index contributed by atoms with van der Waals surface area (Å²) >= 11 is 0. The van der Waals surface area contributed by atoms with Crippen LogP contribution in [0.2, 0.25) is 0 Å². The summed E-state index contributed by atoms with van der Waals surface area (Å²) in [6, 6.07) is 6.75. The van der Waals surface area contributed by atoms with E-state index < -0.39 is 0 Å². The van der Waals surface area contributed by atoms with Crippen molar-refractivity contribution in [3.05, 3.63) is 47.3 Å². The molecule has 0 atom stereocenters. The first-order chi connectivity index (χ1) is 13.3. The number of hydrogen-bond acceptors (Lipinski definition) is 3. The lowest BCUT2D eigenvalue weighted by molar-refractivity contribution is 0.593. The fourth-order valence-electron chi connectivity index (χ4n) is 3.32. The average molecular weight is 500 g/mol. The molecule has 1 aliphatic rings. The summed E-state index contributed by atoms with van der Waals surface area (Å²) in [4.78, 5) is 4.48. The van der Waals surface area contributed by atoms with Crippen molar-refractivity contribution in [2.24, 2.45) is 4.99 Å². The molecular weight excluding hydrogens is 470 g/mol. The number of rotatable bonds is 7. The van der Waals surface area contributed by atoms with Crippen molar-refractivity contribution in [2.45, 2.75) is 58.5 Å². The quantitative estimate of drug-likeness (QED) is 0.265. The average Bonchev–Trinajstić information content (AvgIpc) is 2.90. The fraction of sp³-hybridized carbons (Fsp3) is 0.550. The van der Waals surface area contributed by atoms with E-state index in [1.807, 2.05) is 13.0 Å². The first kappa shape index (κ1) is 22.6. The van der Waals surface area contributed by atoms with Crippen LogP contribution >= 0.6 is 24.0 Å². The molecule has 28 heavy (non-hydrogen) atoms. The molecule has 6 nitrogen and oxygen atoms in total. The Labute approximate surface area is 183 Å². The van der Waals surface area contributed by atoms with Gasteiger partial charge in [-0.2, -0.15) is 0 Å². The van der Waals surface area contributed by atoms with Crippen molar-refractivity contribution in [1.29, 1.82) is 0 Å². The van der Waals surface area contributed by atoms with Gasteiger partial charge in [0, 0.05) is 38.0 Å². The van der Waals surface area contributed by atoms with E-state index in [1.54, 1.807) is 12.1 Å². The second-order valence-corrected chi connectivity index (χ2v) is 6.81. The zero-order valence-electron chi connectivity index (χ0n) is 16.5. The molecule has 8 heteroatoms. The second kappa shape index (κ2) is 12.0. The molecule has 2 N–H and O–H groups in total. The van der Waals surface area contributed by atoms with Gasteiger partial charge in [0.2, 0.25) is 0 Å². The lowest BCUT2D eigenvalue weighted by Gasteiger charge is -2.12. The third-order valence-corrected chi connectivity index (χ3v) is 4.77. The van der Waals surface area contributed by atoms with Crippen LogP contribution in [0.15, 0.2) is 29.3 Å². The number of fused-ring (bicyclic) bond motifs is 1. The van der Waals surface area contributed by atoms with E-state index in [1.165, 1.54) is 25.3 Å². The number of aryl methyl sites for hydroxylation is 2. The van der Waals surface area contributed by atoms with Crippen LogP contribution in [-0.4, -0.2) is 33.8 Å². The summed E-state index contributed by atoms with van der Waals surface area (Å²) in [5.41, 5.74) is 0.598. The van der Waals surface area contributed by atoms with E-state index >= 15 is 0 Å². The van der Waals surface area contributed by atoms with E-state index in [4.69, 9.17) is 0 Å². The number of halogens is 2. The molecule has 0 fully saturated rings. The van der Waals surface area contributed by atoms with E-state index in [2.05, 4.69) is 30.4 Å². The first-order valence-electron chi connectivity index (χ1n) is 9.94. The highest BCUT2D eigenvalue weighted by Crippen LogP contribution is 2.15. The number of nitrogens with zero attached hydrogens (tertiary/aromatic N) is 4. The highest BCUT2D eigenvalue weighted by molar-refractivity contribution is 14.0. The molecule has 1 aromatic heterocycles. The number of benzene rings is 1. The number of hydrogen-bond donors (Lipinski definition) is 2. The minimum atomic E-state index is -0.218. The van der Waals surface area contributed by atoms with Crippen molar-refractivity contribution < 1.29 is 4.39 Å². The van der Waals surface area contributed by atoms with Crippen molar-refractivity contribution in [1.82, 2.24) is 25.4 Å². The highest BCUT2D eigenvalue weighted by Gasteiger charge is 2.14. The maximum atomic E-state index is 13.7. The standard InChI is InChI=1S/C20H29FN6.HI/c1-2-22-20(24-15-16-9-5-6-10-17(16)21)23-13-8-12-19-26-25-18-11-4-3-7-14-27(18)19;/h5-6,9-10H,2-4,7-8,11-15H2,1H3,(H2,22,23,24);1H. The van der Waals surface area contributed by atoms with Gasteiger partial charge in [-0.25, -0.2) is 9.38 Å². The summed E-state index contributed by atoms with van der Waals surface area (Å²) < 4.78 is 16.0. The van der Waals surface area contributed by atoms with Crippen LogP contribution in [0.25, 0.3) is 0 Å². The molecule has 2 heterocycles. The van der Waals surface area contributed by atoms with Gasteiger partial charge in [0.1, 0.15) is 17.5 Å². The number of aromatic nitrogens is 3. The molecule has 0 spiro atoms. The van der Waals surface area contributed by atoms with Gasteiger partial charge in [-0.1, -0.05) is 24.6 Å². The van der Waals surface area contributed by atoms with E-state index in [-0.39, 0.29) is 29.8 Å². The molecule has 0 unspecified atom stereocenters. The maximum Gasteiger partial charge on any atom is 0.191 e. The zero-order chi connectivity index (χ0) is 18.9. The Hall–Kier alpha value is -1.71. The lowest BCUT2D eigenvalue weighted by atomic mass is 10.2. The third kappa shape index (κ3) is 6.42. The van der Waals surface area contributed by atoms with Gasteiger partial charge in [-0.15, -0.1) is 34.2 Å². The Kier molecular flexibility index (Phi) is 9.66. The fourth-order valence-corrected chi connectivity index (χ4v) is 3.32. The SMILES string of the molecule is CCNC(=NCc1ccccc1F)NCCCc1nnc2n1CCCCC2.I. The van der Waals surface area contributed by atoms with Crippen LogP contribution in [0, 0.1) is 5.82 Å². The number of nitrogens with one attached hydrogen (secondary N) is 2. The number of guanidine groups is 1. The minimum Gasteiger partial charge on any atom is -0.357 e. The van der Waals surface area contributed by atoms with Gasteiger partial charge in [-0.05, 0) is 32.3 Å². The predicted octanol–water partition coefficient (Wildman–Crippen LogP) is 3.45. The van der Waals surface area contributed by atoms with Crippen molar-refractivity contribution in [3.63, 3.8) is 0 Å². The molecule has 0 bridgehead atoms. The molecule has 1 aliphatic heterocycles. The molecule has 1 aromatic carbocycles. The molecule has 0 saturated carbocycles. The molecule has 3 rings (SSSR count). The van der Waals surface area contributed by atoms with E-state index in [0.717, 1.165) is 50.5 Å². The smallest absolute Gasteiger partial charge is 0.191 e. The van der Waals surface area contributed by atoms with E-state index in [9.17, 15) is 4.39 Å². The minimum absolute atomic E-state index is 0. The molecule has 154 valence electrons. The van der Waals surface area contributed by atoms with Gasteiger partial charge in [0.15, 0.2) is 5.96 Å². The van der Waals surface area contributed by atoms with Gasteiger partial charge in [-0.3, -0.25) is 0 Å². The van der Waals surface area contributed by atoms with Gasteiger partial charge in [0.25, 0.3) is 0 Å². The molecule has 0 saturated heterocycles. The Morgan fingerprint density at radius 2 is 2.04 bits per heavy atom. The topological polar surface area (TPSA) is 67.1 Å². The Bertz CT molecular complexity index is 761. The second-order valence-electron chi connectivity index (χ2n) is 6.81. The van der Waals surface area contributed by atoms with E-state index in [0.29, 0.717) is 18.1 Å². The normalized spacial score (nSPS) is 14.0. The Balaban J connectivity index is 0.00000280. The largest absolute Gasteiger partial charge is 0.357 e. The van der Waals surface area contributed by atoms with Crippen molar-refractivity contribution in [2.75, 3.05) is 13.1 Å². The molecule has 2 aromatic rings. The Morgan fingerprint density at radius 1 is 1.18 bits per heavy atom. The van der Waals surface area contributed by atoms with Crippen LogP contribution in [-0.2, 0) is 25.9 Å². The monoisotopic (exact) mass is 500 g/mol. The summed E-state index contributed by atoms with van der Waals surface area (Å²) in [6.45, 7) is 4.93. The summed E-state index contributed by atoms with van der Waals surface area (Å²) in [5, 5.41) is 15.3. The number of aliphatic imine (C=N–C) groups is 1. The molecule has 0 amide bonds. The van der Waals surface area contributed by atoms with Gasteiger partial charge < -0.3 is 15.2 Å². The van der Waals surface area contributed by atoms with Crippen molar-refractivity contribution >= 4 is 29.9 Å². The summed E-state index contributed by atoms with van der Waals surface area (Å²) in [5.74, 6) is 2.71. The summed E-state index contributed by atoms with van der Waals surface area (Å²) in [6.07, 6.45) is 6.58. The maximum absolute atomic E-state index is 13.7. The van der Waals surface area contributed by atoms with Crippen LogP contribution in [0.3, 0.4) is 0 Å². The molecule has 0 aliphatic carbocycles. The highest BCUT2D eigenvalue weighted by atomic mass is 127. The van der Waals surface area contributed by atoms with Gasteiger partial charge in [0.05, 0.1) is 6.54 Å². The zero-order valence-corrected chi connectivity index (χ0v) is 18.8. The third-order valence-electron chi connectivity index (χ3n) is 4.77. The van der Waals surface area contributed by atoms with Crippen LogP contribution in [0.5, 0.6) is 0 Å². The van der Waals surface area contributed by atoms with Crippen molar-refractivity contribution in [3.8, 4) is 0 Å². The molecular formula is C20H30FIN6. The van der Waals surface area contributed by atoms with Crippen LogP contribution in [0.4, 0.5) is 4.39 Å². The van der Waals surface area contributed by atoms with Crippen LogP contribution in [0.1, 0.15) is 49.8 Å². The van der Waals surface area contributed by atoms with Gasteiger partial charge >= 0.3 is 0 Å². The predicted molar refractivity (Wildman–Crippen MR) is 121 cm³/mol. The first-order valence-corrected chi connectivity index (χ1v) is 9.94. The molecule has 0 radical (unpaired) electrons. The van der Waals surface area contributed by atoms with Crippen LogP contribution < -0.4 is 10.6 Å².